The topological polar surface area (TPSA) is 114 Å². The summed E-state index contributed by atoms with van der Waals surface area (Å²) >= 11 is 0. The average Bonchev–Trinajstić information content (AvgIpc) is 2.44. The van der Waals surface area contributed by atoms with Gasteiger partial charge in [-0.25, -0.2) is 0 Å². The summed E-state index contributed by atoms with van der Waals surface area (Å²) in [6.07, 6.45) is -5.86. The first-order valence-corrected chi connectivity index (χ1v) is 6.23. The molecule has 0 bridgehead atoms. The van der Waals surface area contributed by atoms with Crippen LogP contribution in [0, 0.1) is 0 Å². The van der Waals surface area contributed by atoms with Crippen molar-refractivity contribution < 1.29 is 29.5 Å². The van der Waals surface area contributed by atoms with Crippen molar-refractivity contribution in [2.75, 3.05) is 19.5 Å². The van der Waals surface area contributed by atoms with Crippen LogP contribution in [-0.2, 0) is 9.47 Å². The molecule has 20 heavy (non-hydrogen) atoms. The standard InChI is InChI=1S/C13H19NO6/c1-18-6-9-10(15)11(16)12(17)13(20-9)19-8-4-2-7(14)3-5-8/h2-5,9-13,15-17H,6,14H2,1H3/t9-,10+,11+,12-,13+/m1/s1. The van der Waals surface area contributed by atoms with Crippen LogP contribution in [0.1, 0.15) is 0 Å². The highest BCUT2D eigenvalue weighted by molar-refractivity contribution is 5.41. The fraction of sp³-hybridized carbons (Fsp3) is 0.538. The normalized spacial score (nSPS) is 33.9. The van der Waals surface area contributed by atoms with Gasteiger partial charge in [-0.1, -0.05) is 0 Å². The van der Waals surface area contributed by atoms with Crippen LogP contribution in [0.25, 0.3) is 0 Å². The number of nitrogens with two attached hydrogens (primary N) is 1. The largest absolute Gasteiger partial charge is 0.462 e. The molecule has 7 nitrogen and oxygen atoms in total. The minimum Gasteiger partial charge on any atom is -0.462 e. The first kappa shape index (κ1) is 15.0. The predicted molar refractivity (Wildman–Crippen MR) is 70.0 cm³/mol. The fourth-order valence-electron chi connectivity index (χ4n) is 2.00. The molecule has 5 atom stereocenters. The number of rotatable bonds is 4. The molecule has 0 unspecified atom stereocenters. The monoisotopic (exact) mass is 285 g/mol. The summed E-state index contributed by atoms with van der Waals surface area (Å²) in [6, 6.07) is 6.52. The molecule has 0 amide bonds. The Bertz CT molecular complexity index is 425. The molecule has 0 spiro atoms. The van der Waals surface area contributed by atoms with Gasteiger partial charge in [0.25, 0.3) is 0 Å². The zero-order valence-corrected chi connectivity index (χ0v) is 11.0. The van der Waals surface area contributed by atoms with Crippen molar-refractivity contribution in [3.8, 4) is 5.75 Å². The van der Waals surface area contributed by atoms with Gasteiger partial charge in [0.2, 0.25) is 6.29 Å². The average molecular weight is 285 g/mol. The second-order valence-electron chi connectivity index (χ2n) is 4.66. The van der Waals surface area contributed by atoms with E-state index in [0.29, 0.717) is 11.4 Å². The Kier molecular flexibility index (Phi) is 4.79. The fourth-order valence-corrected chi connectivity index (χ4v) is 2.00. The number of benzene rings is 1. The molecular weight excluding hydrogens is 266 g/mol. The number of hydrogen-bond acceptors (Lipinski definition) is 7. The third kappa shape index (κ3) is 3.20. The summed E-state index contributed by atoms with van der Waals surface area (Å²) in [4.78, 5) is 0. The highest BCUT2D eigenvalue weighted by Gasteiger charge is 2.44. The van der Waals surface area contributed by atoms with Gasteiger partial charge in [-0.15, -0.1) is 0 Å². The lowest BCUT2D eigenvalue weighted by atomic mass is 9.99. The summed E-state index contributed by atoms with van der Waals surface area (Å²) in [5.74, 6) is 0.433. The molecule has 0 radical (unpaired) electrons. The molecule has 7 heteroatoms. The zero-order chi connectivity index (χ0) is 14.7. The van der Waals surface area contributed by atoms with Crippen LogP contribution in [0.5, 0.6) is 5.75 Å². The van der Waals surface area contributed by atoms with Crippen LogP contribution in [0.3, 0.4) is 0 Å². The van der Waals surface area contributed by atoms with Crippen LogP contribution in [0.4, 0.5) is 5.69 Å². The minimum absolute atomic E-state index is 0.0759. The van der Waals surface area contributed by atoms with Gasteiger partial charge in [0.1, 0.15) is 30.2 Å². The Labute approximate surface area is 116 Å². The molecule has 1 fully saturated rings. The van der Waals surface area contributed by atoms with E-state index in [-0.39, 0.29) is 6.61 Å². The zero-order valence-electron chi connectivity index (χ0n) is 11.0. The number of anilines is 1. The van der Waals surface area contributed by atoms with Gasteiger partial charge >= 0.3 is 0 Å². The Hall–Kier alpha value is -1.38. The molecule has 1 aromatic carbocycles. The summed E-state index contributed by atoms with van der Waals surface area (Å²) in [7, 11) is 1.45. The highest BCUT2D eigenvalue weighted by atomic mass is 16.7. The molecule has 1 aliphatic heterocycles. The van der Waals surface area contributed by atoms with Crippen LogP contribution in [0.2, 0.25) is 0 Å². The van der Waals surface area contributed by atoms with Gasteiger partial charge < -0.3 is 35.3 Å². The van der Waals surface area contributed by atoms with E-state index >= 15 is 0 Å². The molecule has 2 rings (SSSR count). The Morgan fingerprint density at radius 3 is 2.35 bits per heavy atom. The maximum absolute atomic E-state index is 9.88. The second kappa shape index (κ2) is 6.38. The number of aliphatic hydroxyl groups is 3. The van der Waals surface area contributed by atoms with Gasteiger partial charge in [0.05, 0.1) is 6.61 Å². The Morgan fingerprint density at radius 2 is 1.75 bits per heavy atom. The van der Waals surface area contributed by atoms with Crippen molar-refractivity contribution in [3.05, 3.63) is 24.3 Å². The first-order chi connectivity index (χ1) is 9.52. The van der Waals surface area contributed by atoms with Crippen molar-refractivity contribution in [1.82, 2.24) is 0 Å². The van der Waals surface area contributed by atoms with E-state index in [2.05, 4.69) is 0 Å². The van der Waals surface area contributed by atoms with Crippen molar-refractivity contribution in [2.24, 2.45) is 0 Å². The molecule has 1 heterocycles. The van der Waals surface area contributed by atoms with Gasteiger partial charge in [-0.2, -0.15) is 0 Å². The lowest BCUT2D eigenvalue weighted by Crippen LogP contribution is -2.60. The number of methoxy groups -OCH3 is 1. The van der Waals surface area contributed by atoms with Crippen molar-refractivity contribution in [2.45, 2.75) is 30.7 Å². The lowest BCUT2D eigenvalue weighted by Gasteiger charge is -2.39. The molecule has 0 saturated carbocycles. The summed E-state index contributed by atoms with van der Waals surface area (Å²) in [5.41, 5.74) is 6.14. The molecule has 1 aliphatic rings. The summed E-state index contributed by atoms with van der Waals surface area (Å²) < 4.78 is 15.8. The third-order valence-electron chi connectivity index (χ3n) is 3.13. The third-order valence-corrected chi connectivity index (χ3v) is 3.13. The van der Waals surface area contributed by atoms with E-state index in [1.165, 1.54) is 7.11 Å². The molecule has 5 N–H and O–H groups in total. The molecule has 0 aromatic heterocycles. The summed E-state index contributed by atoms with van der Waals surface area (Å²) in [5, 5.41) is 29.5. The molecule has 0 aliphatic carbocycles. The molecule has 1 saturated heterocycles. The number of nitrogen functional groups attached to an aromatic ring is 1. The van der Waals surface area contributed by atoms with Crippen molar-refractivity contribution in [3.63, 3.8) is 0 Å². The van der Waals surface area contributed by atoms with E-state index in [4.69, 9.17) is 19.9 Å². The van der Waals surface area contributed by atoms with Crippen LogP contribution in [-0.4, -0.2) is 59.7 Å². The van der Waals surface area contributed by atoms with Crippen LogP contribution < -0.4 is 10.5 Å². The maximum Gasteiger partial charge on any atom is 0.229 e. The lowest BCUT2D eigenvalue weighted by molar-refractivity contribution is -0.278. The first-order valence-electron chi connectivity index (χ1n) is 6.23. The van der Waals surface area contributed by atoms with Gasteiger partial charge in [0, 0.05) is 12.8 Å². The minimum atomic E-state index is -1.37. The van der Waals surface area contributed by atoms with E-state index in [1.54, 1.807) is 24.3 Å². The van der Waals surface area contributed by atoms with E-state index < -0.39 is 30.7 Å². The summed E-state index contributed by atoms with van der Waals surface area (Å²) in [6.45, 7) is 0.0759. The van der Waals surface area contributed by atoms with Crippen molar-refractivity contribution in [1.29, 1.82) is 0 Å². The Morgan fingerprint density at radius 1 is 1.10 bits per heavy atom. The van der Waals surface area contributed by atoms with Crippen LogP contribution in [0.15, 0.2) is 24.3 Å². The quantitative estimate of drug-likeness (QED) is 0.530. The number of hydrogen-bond donors (Lipinski definition) is 4. The van der Waals surface area contributed by atoms with Gasteiger partial charge in [-0.3, -0.25) is 0 Å². The molecule has 112 valence electrons. The SMILES string of the molecule is COC[C@H]1O[C@H](Oc2ccc(N)cc2)[C@H](O)[C@@H](O)[C@H]1O. The van der Waals surface area contributed by atoms with Crippen LogP contribution >= 0.6 is 0 Å². The van der Waals surface area contributed by atoms with Crippen molar-refractivity contribution >= 4 is 5.69 Å². The second-order valence-corrected chi connectivity index (χ2v) is 4.66. The Balaban J connectivity index is 2.07. The molecular formula is C13H19NO6. The van der Waals surface area contributed by atoms with E-state index in [0.717, 1.165) is 0 Å². The molecule has 1 aromatic rings. The number of aliphatic hydroxyl groups excluding tert-OH is 3. The predicted octanol–water partition coefficient (Wildman–Crippen LogP) is -0.898. The number of ether oxygens (including phenoxy) is 3. The van der Waals surface area contributed by atoms with Gasteiger partial charge in [0.15, 0.2) is 0 Å². The van der Waals surface area contributed by atoms with Gasteiger partial charge in [-0.05, 0) is 24.3 Å². The van der Waals surface area contributed by atoms with E-state index in [9.17, 15) is 15.3 Å². The highest BCUT2D eigenvalue weighted by Crippen LogP contribution is 2.24. The van der Waals surface area contributed by atoms with E-state index in [1.807, 2.05) is 0 Å². The smallest absolute Gasteiger partial charge is 0.229 e. The maximum atomic E-state index is 9.88.